The number of rotatable bonds is 4. The maximum atomic E-state index is 13.4. The molecule has 2 rings (SSSR count). The second-order valence-electron chi connectivity index (χ2n) is 5.41. The van der Waals surface area contributed by atoms with Crippen molar-refractivity contribution in [1.82, 2.24) is 5.32 Å². The van der Waals surface area contributed by atoms with Crippen molar-refractivity contribution < 1.29 is 13.6 Å². The second kappa shape index (κ2) is 6.79. The van der Waals surface area contributed by atoms with Gasteiger partial charge in [-0.25, -0.2) is 8.78 Å². The van der Waals surface area contributed by atoms with Crippen LogP contribution in [0.15, 0.2) is 18.2 Å². The van der Waals surface area contributed by atoms with Gasteiger partial charge < -0.3 is 11.1 Å². The van der Waals surface area contributed by atoms with Crippen LogP contribution in [-0.4, -0.2) is 12.5 Å². The quantitative estimate of drug-likeness (QED) is 0.890. The molecule has 20 heavy (non-hydrogen) atoms. The predicted octanol–water partition coefficient (Wildman–Crippen LogP) is 2.35. The number of carbonyl (C=O) groups is 1. The summed E-state index contributed by atoms with van der Waals surface area (Å²) in [5, 5.41) is 2.73. The van der Waals surface area contributed by atoms with Gasteiger partial charge in [-0.2, -0.15) is 0 Å². The van der Waals surface area contributed by atoms with Gasteiger partial charge in [0.2, 0.25) is 5.91 Å². The summed E-state index contributed by atoms with van der Waals surface area (Å²) >= 11 is 0. The van der Waals surface area contributed by atoms with E-state index in [0.717, 1.165) is 31.7 Å². The van der Waals surface area contributed by atoms with Crippen LogP contribution in [0, 0.1) is 23.5 Å². The van der Waals surface area contributed by atoms with Crippen molar-refractivity contribution in [2.45, 2.75) is 32.2 Å². The van der Waals surface area contributed by atoms with Gasteiger partial charge >= 0.3 is 0 Å². The highest BCUT2D eigenvalue weighted by Gasteiger charge is 2.25. The molecular weight excluding hydrogens is 262 g/mol. The number of halogens is 2. The van der Waals surface area contributed by atoms with Crippen molar-refractivity contribution >= 4 is 5.91 Å². The number of nitrogens with one attached hydrogen (secondary N) is 1. The summed E-state index contributed by atoms with van der Waals surface area (Å²) in [7, 11) is 0. The zero-order chi connectivity index (χ0) is 14.5. The maximum Gasteiger partial charge on any atom is 0.223 e. The van der Waals surface area contributed by atoms with E-state index in [1.165, 1.54) is 12.1 Å². The summed E-state index contributed by atoms with van der Waals surface area (Å²) in [6.45, 7) is 0.775. The monoisotopic (exact) mass is 282 g/mol. The molecule has 0 saturated heterocycles. The lowest BCUT2D eigenvalue weighted by Gasteiger charge is -2.26. The minimum atomic E-state index is -0.628. The third kappa shape index (κ3) is 3.76. The molecule has 0 radical (unpaired) electrons. The zero-order valence-corrected chi connectivity index (χ0v) is 11.4. The largest absolute Gasteiger partial charge is 0.352 e. The van der Waals surface area contributed by atoms with Crippen LogP contribution in [0.25, 0.3) is 0 Å². The molecule has 1 aromatic rings. The van der Waals surface area contributed by atoms with Gasteiger partial charge in [-0.1, -0.05) is 6.07 Å². The number of hydrogen-bond acceptors (Lipinski definition) is 2. The fraction of sp³-hybridized carbons (Fsp3) is 0.533. The van der Waals surface area contributed by atoms with Crippen LogP contribution in [0.5, 0.6) is 0 Å². The lowest BCUT2D eigenvalue weighted by atomic mass is 9.81. The molecule has 3 N–H and O–H groups in total. The predicted molar refractivity (Wildman–Crippen MR) is 72.7 cm³/mol. The molecule has 0 spiro atoms. The van der Waals surface area contributed by atoms with Gasteiger partial charge in [-0.05, 0) is 44.2 Å². The molecule has 1 fully saturated rings. The van der Waals surface area contributed by atoms with Gasteiger partial charge in [-0.15, -0.1) is 0 Å². The van der Waals surface area contributed by atoms with Gasteiger partial charge in [0.15, 0.2) is 0 Å². The highest BCUT2D eigenvalue weighted by Crippen LogP contribution is 2.28. The molecule has 0 unspecified atom stereocenters. The summed E-state index contributed by atoms with van der Waals surface area (Å²) in [5.41, 5.74) is 5.92. The van der Waals surface area contributed by atoms with E-state index in [4.69, 9.17) is 5.73 Å². The third-order valence-corrected chi connectivity index (χ3v) is 4.02. The van der Waals surface area contributed by atoms with Gasteiger partial charge in [0.25, 0.3) is 0 Å². The first kappa shape index (κ1) is 14.9. The first-order valence-electron chi connectivity index (χ1n) is 7.02. The molecule has 1 aliphatic carbocycles. The number of benzene rings is 1. The van der Waals surface area contributed by atoms with Crippen molar-refractivity contribution in [3.8, 4) is 0 Å². The Balaban J connectivity index is 1.83. The SMILES string of the molecule is NCC1CCC(C(=O)NCc2ccc(F)cc2F)CC1. The van der Waals surface area contributed by atoms with Crippen molar-refractivity contribution in [2.75, 3.05) is 6.54 Å². The smallest absolute Gasteiger partial charge is 0.223 e. The van der Waals surface area contributed by atoms with E-state index in [1.54, 1.807) is 0 Å². The maximum absolute atomic E-state index is 13.4. The molecular formula is C15H20F2N2O. The van der Waals surface area contributed by atoms with Crippen LogP contribution in [0.2, 0.25) is 0 Å². The Morgan fingerprint density at radius 3 is 2.55 bits per heavy atom. The third-order valence-electron chi connectivity index (χ3n) is 4.02. The molecule has 0 heterocycles. The van der Waals surface area contributed by atoms with E-state index in [9.17, 15) is 13.6 Å². The van der Waals surface area contributed by atoms with Crippen LogP contribution in [0.3, 0.4) is 0 Å². The molecule has 0 atom stereocenters. The van der Waals surface area contributed by atoms with E-state index < -0.39 is 11.6 Å². The fourth-order valence-corrected chi connectivity index (χ4v) is 2.65. The minimum absolute atomic E-state index is 0.0127. The Morgan fingerprint density at radius 2 is 1.95 bits per heavy atom. The molecule has 0 aromatic heterocycles. The summed E-state index contributed by atoms with van der Waals surface area (Å²) in [6, 6.07) is 3.38. The van der Waals surface area contributed by atoms with E-state index in [2.05, 4.69) is 5.32 Å². The van der Waals surface area contributed by atoms with Crippen LogP contribution >= 0.6 is 0 Å². The molecule has 1 aliphatic rings. The van der Waals surface area contributed by atoms with Gasteiger partial charge in [0, 0.05) is 24.1 Å². The standard InChI is InChI=1S/C15H20F2N2O/c16-13-6-5-12(14(17)7-13)9-19-15(20)11-3-1-10(8-18)2-4-11/h5-7,10-11H,1-4,8-9,18H2,(H,19,20). The van der Waals surface area contributed by atoms with E-state index in [0.29, 0.717) is 18.0 Å². The molecule has 5 heteroatoms. The molecule has 1 amide bonds. The van der Waals surface area contributed by atoms with E-state index >= 15 is 0 Å². The molecule has 0 aliphatic heterocycles. The lowest BCUT2D eigenvalue weighted by Crippen LogP contribution is -2.34. The second-order valence-corrected chi connectivity index (χ2v) is 5.41. The van der Waals surface area contributed by atoms with Gasteiger partial charge in [0.1, 0.15) is 11.6 Å². The van der Waals surface area contributed by atoms with Crippen molar-refractivity contribution in [1.29, 1.82) is 0 Å². The van der Waals surface area contributed by atoms with E-state index in [-0.39, 0.29) is 18.4 Å². The number of amides is 1. The summed E-state index contributed by atoms with van der Waals surface area (Å²) < 4.78 is 26.2. The Labute approximate surface area is 117 Å². The Kier molecular flexibility index (Phi) is 5.06. The molecule has 1 aromatic carbocycles. The summed E-state index contributed by atoms with van der Waals surface area (Å²) in [6.07, 6.45) is 3.61. The Bertz CT molecular complexity index is 471. The lowest BCUT2D eigenvalue weighted by molar-refractivity contribution is -0.126. The van der Waals surface area contributed by atoms with Gasteiger partial charge in [-0.3, -0.25) is 4.79 Å². The number of hydrogen-bond donors (Lipinski definition) is 2. The highest BCUT2D eigenvalue weighted by atomic mass is 19.1. The average molecular weight is 282 g/mol. The number of carbonyl (C=O) groups excluding carboxylic acids is 1. The highest BCUT2D eigenvalue weighted by molar-refractivity contribution is 5.78. The molecule has 0 bridgehead atoms. The van der Waals surface area contributed by atoms with Gasteiger partial charge in [0.05, 0.1) is 0 Å². The average Bonchev–Trinajstić information content (AvgIpc) is 2.46. The van der Waals surface area contributed by atoms with Crippen LogP contribution < -0.4 is 11.1 Å². The summed E-state index contributed by atoms with van der Waals surface area (Å²) in [4.78, 5) is 12.0. The topological polar surface area (TPSA) is 55.1 Å². The van der Waals surface area contributed by atoms with Crippen LogP contribution in [-0.2, 0) is 11.3 Å². The minimum Gasteiger partial charge on any atom is -0.352 e. The van der Waals surface area contributed by atoms with Crippen LogP contribution in [0.1, 0.15) is 31.2 Å². The molecule has 3 nitrogen and oxygen atoms in total. The normalized spacial score (nSPS) is 22.6. The van der Waals surface area contributed by atoms with Crippen molar-refractivity contribution in [3.05, 3.63) is 35.4 Å². The van der Waals surface area contributed by atoms with Crippen LogP contribution in [0.4, 0.5) is 8.78 Å². The zero-order valence-electron chi connectivity index (χ0n) is 11.4. The van der Waals surface area contributed by atoms with Crippen molar-refractivity contribution in [2.24, 2.45) is 17.6 Å². The first-order valence-corrected chi connectivity index (χ1v) is 7.02. The molecule has 110 valence electrons. The Hall–Kier alpha value is -1.49. The fourth-order valence-electron chi connectivity index (χ4n) is 2.65. The first-order chi connectivity index (χ1) is 9.60. The van der Waals surface area contributed by atoms with E-state index in [1.807, 2.05) is 0 Å². The number of nitrogens with two attached hydrogens (primary N) is 1. The van der Waals surface area contributed by atoms with Crippen molar-refractivity contribution in [3.63, 3.8) is 0 Å². The summed E-state index contributed by atoms with van der Waals surface area (Å²) in [5.74, 6) is -0.783. The Morgan fingerprint density at radius 1 is 1.25 bits per heavy atom. The molecule has 1 saturated carbocycles.